The molecule has 1 atom stereocenters. The number of halogens is 1. The van der Waals surface area contributed by atoms with Crippen molar-refractivity contribution >= 4 is 11.6 Å². The van der Waals surface area contributed by atoms with Gasteiger partial charge in [-0.2, -0.15) is 0 Å². The lowest BCUT2D eigenvalue weighted by Gasteiger charge is -2.37. The first-order valence-electron chi connectivity index (χ1n) is 4.58. The SMILES string of the molecule is CC1(C)NCc2ccccc2C1Cl. The summed E-state index contributed by atoms with van der Waals surface area (Å²) in [6, 6.07) is 8.36. The minimum absolute atomic E-state index is 0.00406. The summed E-state index contributed by atoms with van der Waals surface area (Å²) in [4.78, 5) is 0. The Hall–Kier alpha value is -0.530. The number of nitrogens with one attached hydrogen (secondary N) is 1. The molecule has 1 unspecified atom stereocenters. The van der Waals surface area contributed by atoms with Crippen LogP contribution >= 0.6 is 11.6 Å². The van der Waals surface area contributed by atoms with Gasteiger partial charge in [0.1, 0.15) is 0 Å². The maximum absolute atomic E-state index is 6.38. The van der Waals surface area contributed by atoms with E-state index >= 15 is 0 Å². The molecule has 13 heavy (non-hydrogen) atoms. The molecule has 0 fully saturated rings. The Kier molecular flexibility index (Phi) is 2.09. The minimum atomic E-state index is -0.00406. The van der Waals surface area contributed by atoms with Crippen LogP contribution in [0.3, 0.4) is 0 Å². The molecule has 2 heteroatoms. The number of hydrogen-bond donors (Lipinski definition) is 1. The van der Waals surface area contributed by atoms with Gasteiger partial charge in [-0.05, 0) is 25.0 Å². The molecular weight excluding hydrogens is 182 g/mol. The molecule has 1 aliphatic rings. The summed E-state index contributed by atoms with van der Waals surface area (Å²) in [7, 11) is 0. The maximum Gasteiger partial charge on any atom is 0.0764 e. The predicted molar refractivity (Wildman–Crippen MR) is 56.0 cm³/mol. The monoisotopic (exact) mass is 195 g/mol. The van der Waals surface area contributed by atoms with Crippen LogP contribution in [-0.4, -0.2) is 5.54 Å². The lowest BCUT2D eigenvalue weighted by molar-refractivity contribution is 0.351. The fourth-order valence-electron chi connectivity index (χ4n) is 1.74. The summed E-state index contributed by atoms with van der Waals surface area (Å²) < 4.78 is 0. The number of fused-ring (bicyclic) bond motifs is 1. The molecule has 1 N–H and O–H groups in total. The lowest BCUT2D eigenvalue weighted by Crippen LogP contribution is -2.46. The zero-order valence-electron chi connectivity index (χ0n) is 7.97. The van der Waals surface area contributed by atoms with Gasteiger partial charge in [-0.1, -0.05) is 24.3 Å². The topological polar surface area (TPSA) is 12.0 Å². The molecule has 1 aliphatic heterocycles. The largest absolute Gasteiger partial charge is 0.306 e. The molecule has 0 spiro atoms. The molecule has 1 aromatic carbocycles. The molecule has 70 valence electrons. The second-order valence-corrected chi connectivity index (χ2v) is 4.57. The van der Waals surface area contributed by atoms with Gasteiger partial charge < -0.3 is 5.32 Å². The van der Waals surface area contributed by atoms with Crippen LogP contribution in [0.1, 0.15) is 30.4 Å². The Morgan fingerprint density at radius 2 is 2.08 bits per heavy atom. The average Bonchev–Trinajstić information content (AvgIpc) is 2.13. The highest BCUT2D eigenvalue weighted by molar-refractivity contribution is 6.21. The van der Waals surface area contributed by atoms with Crippen LogP contribution in [0.4, 0.5) is 0 Å². The summed E-state index contributed by atoms with van der Waals surface area (Å²) in [6.07, 6.45) is 0. The van der Waals surface area contributed by atoms with Crippen molar-refractivity contribution < 1.29 is 0 Å². The highest BCUT2D eigenvalue weighted by Crippen LogP contribution is 2.37. The molecule has 0 bridgehead atoms. The van der Waals surface area contributed by atoms with E-state index in [0.717, 1.165) is 6.54 Å². The van der Waals surface area contributed by atoms with Crippen LogP contribution in [0.15, 0.2) is 24.3 Å². The standard InChI is InChI=1S/C11H14ClN/c1-11(2)10(12)9-6-4-3-5-8(9)7-13-11/h3-6,10,13H,7H2,1-2H3. The summed E-state index contributed by atoms with van der Waals surface area (Å²) in [5, 5.41) is 3.50. The first kappa shape index (κ1) is 9.04. The van der Waals surface area contributed by atoms with Crippen LogP contribution in [0.2, 0.25) is 0 Å². The second-order valence-electron chi connectivity index (χ2n) is 4.14. The summed E-state index contributed by atoms with van der Waals surface area (Å²) in [6.45, 7) is 5.20. The zero-order valence-corrected chi connectivity index (χ0v) is 8.73. The van der Waals surface area contributed by atoms with Gasteiger partial charge in [-0.15, -0.1) is 11.6 Å². The quantitative estimate of drug-likeness (QED) is 0.628. The van der Waals surface area contributed by atoms with Crippen LogP contribution < -0.4 is 5.32 Å². The predicted octanol–water partition coefficient (Wildman–Crippen LogP) is 2.85. The van der Waals surface area contributed by atoms with E-state index in [1.165, 1.54) is 11.1 Å². The maximum atomic E-state index is 6.38. The third-order valence-electron chi connectivity index (χ3n) is 2.70. The van der Waals surface area contributed by atoms with Crippen molar-refractivity contribution in [3.63, 3.8) is 0 Å². The van der Waals surface area contributed by atoms with Crippen molar-refractivity contribution in [1.82, 2.24) is 5.32 Å². The number of rotatable bonds is 0. The van der Waals surface area contributed by atoms with Gasteiger partial charge in [-0.3, -0.25) is 0 Å². The Bertz CT molecular complexity index is 320. The van der Waals surface area contributed by atoms with Crippen LogP contribution in [0.25, 0.3) is 0 Å². The van der Waals surface area contributed by atoms with E-state index in [1.807, 2.05) is 0 Å². The van der Waals surface area contributed by atoms with Crippen molar-refractivity contribution in [3.8, 4) is 0 Å². The number of hydrogen-bond acceptors (Lipinski definition) is 1. The first-order chi connectivity index (χ1) is 6.11. The highest BCUT2D eigenvalue weighted by atomic mass is 35.5. The van der Waals surface area contributed by atoms with Crippen LogP contribution in [-0.2, 0) is 6.54 Å². The van der Waals surface area contributed by atoms with Gasteiger partial charge in [0, 0.05) is 12.1 Å². The molecule has 0 saturated carbocycles. The van der Waals surface area contributed by atoms with E-state index in [4.69, 9.17) is 11.6 Å². The van der Waals surface area contributed by atoms with Crippen molar-refractivity contribution in [2.24, 2.45) is 0 Å². The fourth-order valence-corrected chi connectivity index (χ4v) is 2.03. The van der Waals surface area contributed by atoms with Gasteiger partial charge in [-0.25, -0.2) is 0 Å². The second kappa shape index (κ2) is 3.00. The molecule has 1 nitrogen and oxygen atoms in total. The van der Waals surface area contributed by atoms with E-state index in [-0.39, 0.29) is 10.9 Å². The van der Waals surface area contributed by atoms with Crippen molar-refractivity contribution in [2.45, 2.75) is 31.3 Å². The van der Waals surface area contributed by atoms with Gasteiger partial charge in [0.25, 0.3) is 0 Å². The van der Waals surface area contributed by atoms with Crippen molar-refractivity contribution in [2.75, 3.05) is 0 Å². The molecule has 0 amide bonds. The highest BCUT2D eigenvalue weighted by Gasteiger charge is 2.33. The molecule has 0 radical (unpaired) electrons. The first-order valence-corrected chi connectivity index (χ1v) is 5.02. The van der Waals surface area contributed by atoms with E-state index in [2.05, 4.69) is 43.4 Å². The molecule has 0 saturated heterocycles. The molecule has 0 aromatic heterocycles. The van der Waals surface area contributed by atoms with Crippen molar-refractivity contribution in [1.29, 1.82) is 0 Å². The normalized spacial score (nSPS) is 25.3. The van der Waals surface area contributed by atoms with Crippen LogP contribution in [0, 0.1) is 0 Å². The lowest BCUT2D eigenvalue weighted by atomic mass is 9.87. The van der Waals surface area contributed by atoms with E-state index < -0.39 is 0 Å². The van der Waals surface area contributed by atoms with E-state index in [9.17, 15) is 0 Å². The third-order valence-corrected chi connectivity index (χ3v) is 3.48. The zero-order chi connectivity index (χ0) is 9.47. The number of alkyl halides is 1. The van der Waals surface area contributed by atoms with E-state index in [1.54, 1.807) is 0 Å². The smallest absolute Gasteiger partial charge is 0.0764 e. The third kappa shape index (κ3) is 1.47. The fraction of sp³-hybridized carbons (Fsp3) is 0.455. The van der Waals surface area contributed by atoms with Crippen molar-refractivity contribution in [3.05, 3.63) is 35.4 Å². The molecule has 0 aliphatic carbocycles. The Morgan fingerprint density at radius 3 is 2.85 bits per heavy atom. The Morgan fingerprint density at radius 1 is 1.38 bits per heavy atom. The van der Waals surface area contributed by atoms with E-state index in [0.29, 0.717) is 0 Å². The molecular formula is C11H14ClN. The van der Waals surface area contributed by atoms with Gasteiger partial charge in [0.2, 0.25) is 0 Å². The Labute approximate surface area is 84.1 Å². The molecule has 1 aromatic rings. The van der Waals surface area contributed by atoms with Gasteiger partial charge in [0.15, 0.2) is 0 Å². The molecule has 1 heterocycles. The van der Waals surface area contributed by atoms with Gasteiger partial charge in [0.05, 0.1) is 5.38 Å². The Balaban J connectivity index is 2.45. The number of benzene rings is 1. The minimum Gasteiger partial charge on any atom is -0.306 e. The van der Waals surface area contributed by atoms with Gasteiger partial charge >= 0.3 is 0 Å². The van der Waals surface area contributed by atoms with Crippen LogP contribution in [0.5, 0.6) is 0 Å². The summed E-state index contributed by atoms with van der Waals surface area (Å²) in [5.41, 5.74) is 2.59. The summed E-state index contributed by atoms with van der Waals surface area (Å²) in [5.74, 6) is 0. The summed E-state index contributed by atoms with van der Waals surface area (Å²) >= 11 is 6.38. The molecule has 2 rings (SSSR count). The average molecular weight is 196 g/mol.